The summed E-state index contributed by atoms with van der Waals surface area (Å²) in [4.78, 5) is 7.98. The molecule has 2 aliphatic rings. The van der Waals surface area contributed by atoms with Gasteiger partial charge in [-0.05, 0) is 75.7 Å². The largest absolute Gasteiger partial charge is 0.309 e. The van der Waals surface area contributed by atoms with E-state index in [1.165, 1.54) is 75.7 Å². The highest BCUT2D eigenvalue weighted by Gasteiger charge is 2.23. The van der Waals surface area contributed by atoms with Crippen LogP contribution in [0.4, 0.5) is 0 Å². The number of pyridine rings is 1. The van der Waals surface area contributed by atoms with Gasteiger partial charge in [0, 0.05) is 49.7 Å². The van der Waals surface area contributed by atoms with Crippen molar-refractivity contribution in [2.45, 2.75) is 11.3 Å². The Bertz CT molecular complexity index is 3310. The van der Waals surface area contributed by atoms with Crippen molar-refractivity contribution in [1.82, 2.24) is 14.1 Å². The van der Waals surface area contributed by atoms with Crippen LogP contribution in [0.5, 0.6) is 0 Å². The molecule has 0 fully saturated rings. The van der Waals surface area contributed by atoms with Crippen molar-refractivity contribution >= 4 is 66.5 Å². The first-order valence-corrected chi connectivity index (χ1v) is 20.6. The molecule has 0 radical (unpaired) electrons. The normalized spacial score (nSPS) is 13.7. The summed E-state index contributed by atoms with van der Waals surface area (Å²) in [6, 6.07) is 65.8. The number of allylic oxidation sites excluding steroid dienone is 6. The van der Waals surface area contributed by atoms with Crippen LogP contribution in [-0.2, 0) is 0 Å². The van der Waals surface area contributed by atoms with Crippen LogP contribution in [0, 0.1) is 0 Å². The molecule has 272 valence electrons. The highest BCUT2D eigenvalue weighted by Crippen LogP contribution is 2.47. The van der Waals surface area contributed by atoms with Crippen LogP contribution in [0.2, 0.25) is 0 Å². The van der Waals surface area contributed by atoms with Gasteiger partial charge in [0.2, 0.25) is 0 Å². The molecule has 4 heterocycles. The van der Waals surface area contributed by atoms with Crippen LogP contribution in [0.3, 0.4) is 0 Å². The summed E-state index contributed by atoms with van der Waals surface area (Å²) >= 11 is 1.89. The Balaban J connectivity index is 1.07. The van der Waals surface area contributed by atoms with Gasteiger partial charge < -0.3 is 9.13 Å². The highest BCUT2D eigenvalue weighted by molar-refractivity contribution is 8.03. The minimum atomic E-state index is 0.944. The zero-order valence-corrected chi connectivity index (χ0v) is 32.3. The fraction of sp³-hybridized carbons (Fsp3) is 0.0185. The number of fused-ring (bicyclic) bond motifs is 11. The fourth-order valence-corrected chi connectivity index (χ4v) is 10.2. The second-order valence-corrected chi connectivity index (χ2v) is 16.3. The molecule has 0 saturated carbocycles. The number of aromatic nitrogens is 3. The maximum absolute atomic E-state index is 5.24. The van der Waals surface area contributed by atoms with E-state index in [4.69, 9.17) is 4.98 Å². The van der Waals surface area contributed by atoms with E-state index in [-0.39, 0.29) is 0 Å². The zero-order valence-electron chi connectivity index (χ0n) is 31.5. The summed E-state index contributed by atoms with van der Waals surface area (Å²) in [5.74, 6) is 0. The lowest BCUT2D eigenvalue weighted by Gasteiger charge is -2.20. The molecular formula is C54H35N3S. The Morgan fingerprint density at radius 3 is 1.84 bits per heavy atom. The third-order valence-corrected chi connectivity index (χ3v) is 12.9. The molecule has 58 heavy (non-hydrogen) atoms. The minimum Gasteiger partial charge on any atom is -0.309 e. The number of thioether (sulfide) groups is 1. The average Bonchev–Trinajstić information content (AvgIpc) is 3.75. The standard InChI is InChI=1S/C54H35N3S/c1-3-13-36(14-4-1)47-33-41(34-48(55-47)37-15-5-2-6-16-37)57-49-20-10-7-18-44(49)45-29-30-51-53(54(45)57)46-19-8-11-21-50(46)56(51)40-26-23-35(24-27-40)38-25-28-42-32-39(31-38)43-17-9-12-22-52(43)58-42/h1-31,33-34H,32H2. The van der Waals surface area contributed by atoms with Crippen LogP contribution in [-0.4, -0.2) is 14.1 Å². The van der Waals surface area contributed by atoms with E-state index in [9.17, 15) is 0 Å². The maximum Gasteiger partial charge on any atom is 0.0730 e. The van der Waals surface area contributed by atoms with Crippen molar-refractivity contribution in [3.05, 3.63) is 216 Å². The number of hydrogen-bond acceptors (Lipinski definition) is 2. The number of rotatable bonds is 5. The molecule has 4 heteroatoms. The molecule has 10 aromatic rings. The van der Waals surface area contributed by atoms with Crippen molar-refractivity contribution in [3.63, 3.8) is 0 Å². The minimum absolute atomic E-state index is 0.944. The van der Waals surface area contributed by atoms with Crippen LogP contribution in [0.25, 0.3) is 88.6 Å². The van der Waals surface area contributed by atoms with Gasteiger partial charge in [-0.25, -0.2) is 4.98 Å². The Labute approximate surface area is 340 Å². The Morgan fingerprint density at radius 1 is 0.466 bits per heavy atom. The number of hydrogen-bond donors (Lipinski definition) is 0. The van der Waals surface area contributed by atoms with E-state index in [1.807, 2.05) is 11.8 Å². The van der Waals surface area contributed by atoms with Crippen molar-refractivity contribution in [2.75, 3.05) is 0 Å². The molecule has 7 aromatic carbocycles. The van der Waals surface area contributed by atoms with Gasteiger partial charge in [0.1, 0.15) is 0 Å². The van der Waals surface area contributed by atoms with E-state index in [0.29, 0.717) is 0 Å². The summed E-state index contributed by atoms with van der Waals surface area (Å²) in [5.41, 5.74) is 16.2. The van der Waals surface area contributed by atoms with Crippen molar-refractivity contribution < 1.29 is 0 Å². The van der Waals surface area contributed by atoms with Crippen molar-refractivity contribution in [1.29, 1.82) is 0 Å². The van der Waals surface area contributed by atoms with Gasteiger partial charge in [0.05, 0.1) is 39.1 Å². The van der Waals surface area contributed by atoms with Crippen LogP contribution in [0.15, 0.2) is 210 Å². The van der Waals surface area contributed by atoms with Gasteiger partial charge in [0.25, 0.3) is 0 Å². The predicted molar refractivity (Wildman–Crippen MR) is 245 cm³/mol. The summed E-state index contributed by atoms with van der Waals surface area (Å²) in [6.45, 7) is 0. The molecule has 0 spiro atoms. The fourth-order valence-electron chi connectivity index (χ4n) is 9.12. The quantitative estimate of drug-likeness (QED) is 0.174. The van der Waals surface area contributed by atoms with E-state index < -0.39 is 0 Å². The lowest BCUT2D eigenvalue weighted by atomic mass is 9.97. The van der Waals surface area contributed by atoms with Gasteiger partial charge >= 0.3 is 0 Å². The molecule has 0 N–H and O–H groups in total. The Morgan fingerprint density at radius 2 is 1.10 bits per heavy atom. The summed E-state index contributed by atoms with van der Waals surface area (Å²) < 4.78 is 4.91. The molecule has 0 unspecified atom stereocenters. The predicted octanol–water partition coefficient (Wildman–Crippen LogP) is 14.5. The molecule has 1 aliphatic heterocycles. The highest BCUT2D eigenvalue weighted by atomic mass is 32.2. The third kappa shape index (κ3) is 5.26. The second-order valence-electron chi connectivity index (χ2n) is 15.1. The summed E-state index contributed by atoms with van der Waals surface area (Å²) in [7, 11) is 0. The molecule has 0 amide bonds. The first-order valence-electron chi connectivity index (χ1n) is 19.8. The van der Waals surface area contributed by atoms with Gasteiger partial charge in [-0.15, -0.1) is 0 Å². The smallest absolute Gasteiger partial charge is 0.0730 e. The van der Waals surface area contributed by atoms with Crippen molar-refractivity contribution in [3.8, 4) is 33.9 Å². The summed E-state index contributed by atoms with van der Waals surface area (Å²) in [6.07, 6.45) is 7.96. The number of benzene rings is 7. The molecular weight excluding hydrogens is 723 g/mol. The SMILES string of the molecule is C1=C2CC(=CC(c3ccc(-n4c5ccccc5c5c4ccc4c6ccccc6n(-c6cc(-c7ccccc7)nc(-c7ccccc7)c6)c45)cc3)=C1)c1ccccc1S2. The van der Waals surface area contributed by atoms with Gasteiger partial charge in [-0.3, -0.25) is 0 Å². The zero-order chi connectivity index (χ0) is 38.2. The lowest BCUT2D eigenvalue weighted by Crippen LogP contribution is -1.99. The van der Waals surface area contributed by atoms with Crippen LogP contribution < -0.4 is 0 Å². The van der Waals surface area contributed by atoms with Gasteiger partial charge in [-0.2, -0.15) is 0 Å². The third-order valence-electron chi connectivity index (χ3n) is 11.8. The Kier molecular flexibility index (Phi) is 7.54. The first-order chi connectivity index (χ1) is 28.7. The lowest BCUT2D eigenvalue weighted by molar-refractivity contribution is 1.16. The van der Waals surface area contributed by atoms with Gasteiger partial charge in [0.15, 0.2) is 0 Å². The molecule has 2 bridgehead atoms. The number of nitrogens with zero attached hydrogens (tertiary/aromatic N) is 3. The van der Waals surface area contributed by atoms with Crippen LogP contribution >= 0.6 is 11.8 Å². The first kappa shape index (κ1) is 33.0. The van der Waals surface area contributed by atoms with E-state index >= 15 is 0 Å². The van der Waals surface area contributed by atoms with Gasteiger partial charge in [-0.1, -0.05) is 163 Å². The number of para-hydroxylation sites is 2. The molecule has 1 aliphatic carbocycles. The van der Waals surface area contributed by atoms with E-state index in [2.05, 4.69) is 209 Å². The molecule has 3 nitrogen and oxygen atoms in total. The molecule has 0 atom stereocenters. The molecule has 0 saturated heterocycles. The molecule has 12 rings (SSSR count). The average molecular weight is 758 g/mol. The Hall–Kier alpha value is -7.14. The van der Waals surface area contributed by atoms with E-state index in [1.54, 1.807) is 0 Å². The maximum atomic E-state index is 5.24. The van der Waals surface area contributed by atoms with E-state index in [0.717, 1.165) is 40.3 Å². The summed E-state index contributed by atoms with van der Waals surface area (Å²) in [5, 5.41) is 4.92. The monoisotopic (exact) mass is 757 g/mol. The van der Waals surface area contributed by atoms with Crippen molar-refractivity contribution in [2.24, 2.45) is 0 Å². The molecule has 3 aromatic heterocycles. The van der Waals surface area contributed by atoms with Crippen LogP contribution in [0.1, 0.15) is 17.5 Å². The topological polar surface area (TPSA) is 22.8 Å². The second kappa shape index (κ2) is 13.2.